The van der Waals surface area contributed by atoms with Gasteiger partial charge in [-0.1, -0.05) is 6.92 Å². The average molecular weight is 471 g/mol. The van der Waals surface area contributed by atoms with Crippen molar-refractivity contribution in [3.63, 3.8) is 0 Å². The largest absolute Gasteiger partial charge is 0.467 e. The summed E-state index contributed by atoms with van der Waals surface area (Å²) < 4.78 is 21.2. The van der Waals surface area contributed by atoms with E-state index in [2.05, 4.69) is 0 Å². The molecule has 2 aliphatic rings. The Balaban J connectivity index is 2.52. The van der Waals surface area contributed by atoms with Crippen LogP contribution >= 0.6 is 0 Å². The quantitative estimate of drug-likeness (QED) is 0.457. The van der Waals surface area contributed by atoms with Gasteiger partial charge in [-0.2, -0.15) is 0 Å². The van der Waals surface area contributed by atoms with Gasteiger partial charge in [0.2, 0.25) is 0 Å². The lowest BCUT2D eigenvalue weighted by Gasteiger charge is -2.43. The van der Waals surface area contributed by atoms with E-state index in [-0.39, 0.29) is 25.4 Å². The molecule has 2 rings (SSSR count). The summed E-state index contributed by atoms with van der Waals surface area (Å²) in [7, 11) is 2.50. The minimum absolute atomic E-state index is 0.0212. The van der Waals surface area contributed by atoms with Gasteiger partial charge in [0.15, 0.2) is 5.54 Å². The molecule has 0 N–H and O–H groups in total. The Morgan fingerprint density at radius 3 is 1.91 bits per heavy atom. The van der Waals surface area contributed by atoms with Crippen LogP contribution in [0.25, 0.3) is 0 Å². The average Bonchev–Trinajstić information content (AvgIpc) is 3.26. The summed E-state index contributed by atoms with van der Waals surface area (Å²) in [4.78, 5) is 54.8. The Morgan fingerprint density at radius 1 is 0.879 bits per heavy atom. The first-order chi connectivity index (χ1) is 15.1. The number of amides is 2. The second kappa shape index (κ2) is 9.38. The molecule has 0 aliphatic carbocycles. The van der Waals surface area contributed by atoms with Crippen molar-refractivity contribution in [2.75, 3.05) is 27.3 Å². The summed E-state index contributed by atoms with van der Waals surface area (Å²) in [6.45, 7) is 12.6. The summed E-state index contributed by atoms with van der Waals surface area (Å²) in [6.07, 6.45) is -0.664. The highest BCUT2D eigenvalue weighted by molar-refractivity contribution is 5.89. The zero-order chi connectivity index (χ0) is 25.4. The third kappa shape index (κ3) is 5.35. The molecule has 10 heteroatoms. The highest BCUT2D eigenvalue weighted by Crippen LogP contribution is 2.47. The topological polar surface area (TPSA) is 112 Å². The van der Waals surface area contributed by atoms with Gasteiger partial charge in [-0.25, -0.2) is 19.2 Å². The number of carbonyl (C=O) groups excluding carboxylic acids is 4. The molecule has 4 atom stereocenters. The number of likely N-dealkylation sites (tertiary alicyclic amines) is 2. The molecule has 10 nitrogen and oxygen atoms in total. The smallest absolute Gasteiger partial charge is 0.411 e. The molecule has 0 aromatic rings. The van der Waals surface area contributed by atoms with Crippen molar-refractivity contribution < 1.29 is 38.1 Å². The lowest BCUT2D eigenvalue weighted by molar-refractivity contribution is -0.159. The predicted molar refractivity (Wildman–Crippen MR) is 118 cm³/mol. The number of rotatable bonds is 3. The first kappa shape index (κ1) is 26.7. The third-order valence-electron chi connectivity index (χ3n) is 6.13. The van der Waals surface area contributed by atoms with E-state index in [1.807, 2.05) is 6.92 Å². The van der Waals surface area contributed by atoms with E-state index in [1.54, 1.807) is 41.5 Å². The highest BCUT2D eigenvalue weighted by Gasteiger charge is 2.64. The third-order valence-corrected chi connectivity index (χ3v) is 6.13. The van der Waals surface area contributed by atoms with Crippen molar-refractivity contribution in [3.05, 3.63) is 0 Å². The Morgan fingerprint density at radius 2 is 1.42 bits per heavy atom. The monoisotopic (exact) mass is 470 g/mol. The fourth-order valence-electron chi connectivity index (χ4n) is 4.85. The molecule has 2 heterocycles. The molecule has 2 aliphatic heterocycles. The minimum atomic E-state index is -1.40. The van der Waals surface area contributed by atoms with Crippen molar-refractivity contribution in [2.24, 2.45) is 11.8 Å². The lowest BCUT2D eigenvalue weighted by Crippen LogP contribution is -2.62. The Hall–Kier alpha value is -2.52. The Bertz CT molecular complexity index is 784. The second-order valence-corrected chi connectivity index (χ2v) is 10.7. The lowest BCUT2D eigenvalue weighted by atomic mass is 9.74. The number of hydrogen-bond donors (Lipinski definition) is 0. The maximum atomic E-state index is 13.3. The van der Waals surface area contributed by atoms with Crippen molar-refractivity contribution in [3.8, 4) is 0 Å². The van der Waals surface area contributed by atoms with Gasteiger partial charge in [0, 0.05) is 19.0 Å². The van der Waals surface area contributed by atoms with Crippen LogP contribution in [-0.2, 0) is 28.5 Å². The number of nitrogens with zero attached hydrogens (tertiary/aromatic N) is 2. The van der Waals surface area contributed by atoms with E-state index in [0.29, 0.717) is 6.42 Å². The molecule has 0 aromatic heterocycles. The van der Waals surface area contributed by atoms with Crippen LogP contribution in [0.5, 0.6) is 0 Å². The molecule has 2 fully saturated rings. The van der Waals surface area contributed by atoms with Gasteiger partial charge in [-0.05, 0) is 60.3 Å². The van der Waals surface area contributed by atoms with Crippen LogP contribution < -0.4 is 0 Å². The van der Waals surface area contributed by atoms with Gasteiger partial charge in [0.25, 0.3) is 0 Å². The molecular weight excluding hydrogens is 432 g/mol. The number of methoxy groups -OCH3 is 2. The summed E-state index contributed by atoms with van der Waals surface area (Å²) in [5, 5.41) is 0. The molecule has 0 unspecified atom stereocenters. The Kier molecular flexibility index (Phi) is 7.60. The van der Waals surface area contributed by atoms with Crippen LogP contribution in [0.4, 0.5) is 9.59 Å². The normalized spacial score (nSPS) is 27.8. The van der Waals surface area contributed by atoms with E-state index in [4.69, 9.17) is 18.9 Å². The van der Waals surface area contributed by atoms with Gasteiger partial charge in [-0.3, -0.25) is 9.80 Å². The van der Waals surface area contributed by atoms with Crippen molar-refractivity contribution >= 4 is 24.1 Å². The highest BCUT2D eigenvalue weighted by atomic mass is 16.6. The van der Waals surface area contributed by atoms with Crippen molar-refractivity contribution in [1.82, 2.24) is 9.80 Å². The molecule has 0 radical (unpaired) electrons. The van der Waals surface area contributed by atoms with E-state index in [9.17, 15) is 19.2 Å². The molecular formula is C23H38N2O8. The molecule has 0 spiro atoms. The van der Waals surface area contributed by atoms with E-state index in [1.165, 1.54) is 24.0 Å². The molecule has 2 saturated heterocycles. The SMILES string of the molecule is COC(=O)[C@H]1C[C@H]([C@]2(C(=O)OC)[C@H](C)CCN2C(=O)OC(C)(C)C)CN1C(=O)OC(C)(C)C. The second-order valence-electron chi connectivity index (χ2n) is 10.7. The van der Waals surface area contributed by atoms with Crippen LogP contribution in [0.2, 0.25) is 0 Å². The van der Waals surface area contributed by atoms with Gasteiger partial charge in [0.05, 0.1) is 14.2 Å². The fourth-order valence-corrected chi connectivity index (χ4v) is 4.85. The zero-order valence-corrected chi connectivity index (χ0v) is 21.2. The number of carbonyl (C=O) groups is 4. The first-order valence-corrected chi connectivity index (χ1v) is 11.2. The van der Waals surface area contributed by atoms with Crippen LogP contribution in [0, 0.1) is 11.8 Å². The molecule has 0 aromatic carbocycles. The van der Waals surface area contributed by atoms with Crippen LogP contribution in [0.3, 0.4) is 0 Å². The van der Waals surface area contributed by atoms with Crippen molar-refractivity contribution in [2.45, 2.75) is 84.1 Å². The van der Waals surface area contributed by atoms with Crippen LogP contribution in [-0.4, -0.2) is 84.0 Å². The van der Waals surface area contributed by atoms with Gasteiger partial charge >= 0.3 is 24.1 Å². The van der Waals surface area contributed by atoms with Crippen LogP contribution in [0.1, 0.15) is 61.3 Å². The van der Waals surface area contributed by atoms with E-state index >= 15 is 0 Å². The first-order valence-electron chi connectivity index (χ1n) is 11.2. The van der Waals surface area contributed by atoms with Crippen LogP contribution in [0.15, 0.2) is 0 Å². The summed E-state index contributed by atoms with van der Waals surface area (Å²) in [6, 6.07) is -0.954. The van der Waals surface area contributed by atoms with E-state index in [0.717, 1.165) is 0 Å². The Labute approximate surface area is 195 Å². The van der Waals surface area contributed by atoms with Gasteiger partial charge in [0.1, 0.15) is 17.2 Å². The zero-order valence-electron chi connectivity index (χ0n) is 21.2. The van der Waals surface area contributed by atoms with Gasteiger partial charge < -0.3 is 18.9 Å². The maximum Gasteiger partial charge on any atom is 0.411 e. The number of hydrogen-bond acceptors (Lipinski definition) is 8. The van der Waals surface area contributed by atoms with Crippen molar-refractivity contribution in [1.29, 1.82) is 0 Å². The number of esters is 2. The fraction of sp³-hybridized carbons (Fsp3) is 0.826. The molecule has 188 valence electrons. The molecule has 0 bridgehead atoms. The predicted octanol–water partition coefficient (Wildman–Crippen LogP) is 2.97. The summed E-state index contributed by atoms with van der Waals surface area (Å²) in [5.41, 5.74) is -2.95. The van der Waals surface area contributed by atoms with Gasteiger partial charge in [-0.15, -0.1) is 0 Å². The number of ether oxygens (including phenoxy) is 4. The summed E-state index contributed by atoms with van der Waals surface area (Å²) >= 11 is 0. The molecule has 2 amide bonds. The minimum Gasteiger partial charge on any atom is -0.467 e. The molecule has 33 heavy (non-hydrogen) atoms. The maximum absolute atomic E-state index is 13.3. The standard InChI is InChI=1S/C23H38N2O8/c1-14-10-11-25(20(29)33-22(5,6)7)23(14,18(27)31-9)15-12-16(17(26)30-8)24(13-15)19(28)32-21(2,3)4/h14-16H,10-13H2,1-9H3/t14-,15+,16-,23+/m1/s1. The summed E-state index contributed by atoms with van der Waals surface area (Å²) in [5.74, 6) is -2.10. The molecule has 0 saturated carbocycles. The van der Waals surface area contributed by atoms with E-state index < -0.39 is 52.8 Å².